The molecule has 1 aliphatic heterocycles. The fourth-order valence-electron chi connectivity index (χ4n) is 3.34. The van der Waals surface area contributed by atoms with Gasteiger partial charge in [0.05, 0.1) is 17.1 Å². The Kier molecular flexibility index (Phi) is 3.53. The van der Waals surface area contributed by atoms with Crippen molar-refractivity contribution in [2.75, 3.05) is 16.8 Å². The highest BCUT2D eigenvalue weighted by atomic mass is 16.2. The summed E-state index contributed by atoms with van der Waals surface area (Å²) in [6.07, 6.45) is 7.25. The van der Waals surface area contributed by atoms with Crippen molar-refractivity contribution in [3.8, 4) is 0 Å². The van der Waals surface area contributed by atoms with E-state index >= 15 is 0 Å². The number of anilines is 3. The molecule has 8 heteroatoms. The molecule has 4 heterocycles. The highest BCUT2D eigenvalue weighted by Crippen LogP contribution is 2.32. The molecule has 0 aliphatic carbocycles. The maximum Gasteiger partial charge on any atom is 0.259 e. The number of nitrogens with zero attached hydrogens (tertiary/aromatic N) is 5. The highest BCUT2D eigenvalue weighted by Gasteiger charge is 2.26. The standard InChI is InChI=1S/C19H15N7O/c27-19(13-2-1-6-20-9-13)26-7-5-12-8-14(3-4-16(12)26)24-17-15-10-23-25-18(15)22-11-21-17/h1-4,6,8-11H,5,7H2,(H2,21,22,23,24,25). The Morgan fingerprint density at radius 2 is 2.15 bits per heavy atom. The first-order valence-electron chi connectivity index (χ1n) is 8.55. The fourth-order valence-corrected chi connectivity index (χ4v) is 3.34. The van der Waals surface area contributed by atoms with E-state index in [1.54, 1.807) is 35.6 Å². The van der Waals surface area contributed by atoms with Crippen molar-refractivity contribution in [1.82, 2.24) is 25.1 Å². The third kappa shape index (κ3) is 2.67. The molecule has 2 N–H and O–H groups in total. The minimum Gasteiger partial charge on any atom is -0.340 e. The van der Waals surface area contributed by atoms with Gasteiger partial charge in [-0.3, -0.25) is 14.9 Å². The van der Waals surface area contributed by atoms with Gasteiger partial charge in [0.1, 0.15) is 12.1 Å². The average Bonchev–Trinajstić information content (AvgIpc) is 3.35. The Morgan fingerprint density at radius 1 is 1.19 bits per heavy atom. The van der Waals surface area contributed by atoms with Crippen LogP contribution in [-0.2, 0) is 6.42 Å². The van der Waals surface area contributed by atoms with Gasteiger partial charge in [-0.15, -0.1) is 0 Å². The summed E-state index contributed by atoms with van der Waals surface area (Å²) in [6.45, 7) is 0.659. The minimum absolute atomic E-state index is 0.0292. The van der Waals surface area contributed by atoms with E-state index in [0.717, 1.165) is 28.7 Å². The van der Waals surface area contributed by atoms with Crippen LogP contribution in [0.3, 0.4) is 0 Å². The first-order valence-corrected chi connectivity index (χ1v) is 8.55. The zero-order valence-corrected chi connectivity index (χ0v) is 14.3. The van der Waals surface area contributed by atoms with Crippen molar-refractivity contribution in [2.24, 2.45) is 0 Å². The molecular weight excluding hydrogens is 342 g/mol. The molecule has 0 bridgehead atoms. The molecule has 1 aromatic carbocycles. The molecule has 0 radical (unpaired) electrons. The third-order valence-corrected chi connectivity index (χ3v) is 4.64. The molecule has 0 saturated heterocycles. The SMILES string of the molecule is O=C(c1cccnc1)N1CCc2cc(Nc3ncnc4[nH]ncc34)ccc21. The number of carbonyl (C=O) groups excluding carboxylic acids is 1. The van der Waals surface area contributed by atoms with Gasteiger partial charge in [-0.1, -0.05) is 0 Å². The summed E-state index contributed by atoms with van der Waals surface area (Å²) in [5.74, 6) is 0.661. The number of aromatic nitrogens is 5. The molecule has 0 atom stereocenters. The summed E-state index contributed by atoms with van der Waals surface area (Å²) in [5, 5.41) is 11.0. The lowest BCUT2D eigenvalue weighted by Crippen LogP contribution is -2.28. The fraction of sp³-hybridized carbons (Fsp3) is 0.105. The van der Waals surface area contributed by atoms with Crippen molar-refractivity contribution in [3.05, 3.63) is 66.4 Å². The van der Waals surface area contributed by atoms with E-state index in [-0.39, 0.29) is 5.91 Å². The number of carbonyl (C=O) groups is 1. The number of pyridine rings is 1. The first kappa shape index (κ1) is 15.4. The van der Waals surface area contributed by atoms with Gasteiger partial charge in [0.2, 0.25) is 0 Å². The second-order valence-corrected chi connectivity index (χ2v) is 6.27. The number of hydrogen-bond acceptors (Lipinski definition) is 6. The number of H-pyrrole nitrogens is 1. The van der Waals surface area contributed by atoms with Crippen LogP contribution in [0.15, 0.2) is 55.2 Å². The Balaban J connectivity index is 1.43. The summed E-state index contributed by atoms with van der Waals surface area (Å²) in [6, 6.07) is 9.53. The van der Waals surface area contributed by atoms with Crippen LogP contribution in [0.25, 0.3) is 11.0 Å². The lowest BCUT2D eigenvalue weighted by molar-refractivity contribution is 0.0989. The van der Waals surface area contributed by atoms with E-state index in [1.165, 1.54) is 6.33 Å². The van der Waals surface area contributed by atoms with Gasteiger partial charge in [0.15, 0.2) is 5.65 Å². The quantitative estimate of drug-likeness (QED) is 0.585. The lowest BCUT2D eigenvalue weighted by Gasteiger charge is -2.17. The van der Waals surface area contributed by atoms with Crippen LogP contribution < -0.4 is 10.2 Å². The lowest BCUT2D eigenvalue weighted by atomic mass is 10.1. The van der Waals surface area contributed by atoms with Crippen molar-refractivity contribution in [2.45, 2.75) is 6.42 Å². The number of amides is 1. The number of benzene rings is 1. The molecule has 0 spiro atoms. The van der Waals surface area contributed by atoms with Crippen LogP contribution >= 0.6 is 0 Å². The molecule has 1 aliphatic rings. The van der Waals surface area contributed by atoms with Gasteiger partial charge in [0, 0.05) is 30.3 Å². The Bertz CT molecular complexity index is 1140. The normalized spacial score (nSPS) is 13.0. The predicted octanol–water partition coefficient (Wildman–Crippen LogP) is 2.69. The monoisotopic (exact) mass is 357 g/mol. The highest BCUT2D eigenvalue weighted by molar-refractivity contribution is 6.07. The maximum atomic E-state index is 12.7. The molecule has 0 unspecified atom stereocenters. The van der Waals surface area contributed by atoms with Gasteiger partial charge < -0.3 is 10.2 Å². The van der Waals surface area contributed by atoms with Gasteiger partial charge in [-0.05, 0) is 42.3 Å². The summed E-state index contributed by atoms with van der Waals surface area (Å²) in [4.78, 5) is 27.0. The van der Waals surface area contributed by atoms with Gasteiger partial charge in [-0.2, -0.15) is 5.10 Å². The number of rotatable bonds is 3. The van der Waals surface area contributed by atoms with E-state index in [4.69, 9.17) is 0 Å². The molecule has 27 heavy (non-hydrogen) atoms. The largest absolute Gasteiger partial charge is 0.340 e. The minimum atomic E-state index is -0.0292. The van der Waals surface area contributed by atoms with Crippen molar-refractivity contribution in [3.63, 3.8) is 0 Å². The summed E-state index contributed by atoms with van der Waals surface area (Å²) >= 11 is 0. The molecule has 132 valence electrons. The third-order valence-electron chi connectivity index (χ3n) is 4.64. The van der Waals surface area contributed by atoms with E-state index in [1.807, 2.05) is 12.1 Å². The number of hydrogen-bond donors (Lipinski definition) is 2. The Morgan fingerprint density at radius 3 is 3.04 bits per heavy atom. The number of nitrogens with one attached hydrogen (secondary N) is 2. The number of aromatic amines is 1. The Labute approximate surface area is 154 Å². The molecule has 1 amide bonds. The second-order valence-electron chi connectivity index (χ2n) is 6.27. The Hall–Kier alpha value is -3.81. The molecule has 5 rings (SSSR count). The van der Waals surface area contributed by atoms with E-state index in [9.17, 15) is 4.79 Å². The molecule has 4 aromatic rings. The van der Waals surface area contributed by atoms with E-state index in [0.29, 0.717) is 23.6 Å². The van der Waals surface area contributed by atoms with E-state index < -0.39 is 0 Å². The summed E-state index contributed by atoms with van der Waals surface area (Å²) in [5.41, 5.74) is 4.24. The zero-order valence-electron chi connectivity index (χ0n) is 14.3. The van der Waals surface area contributed by atoms with Crippen molar-refractivity contribution < 1.29 is 4.79 Å². The zero-order chi connectivity index (χ0) is 18.2. The predicted molar refractivity (Wildman–Crippen MR) is 101 cm³/mol. The molecule has 8 nitrogen and oxygen atoms in total. The summed E-state index contributed by atoms with van der Waals surface area (Å²) in [7, 11) is 0. The molecule has 0 saturated carbocycles. The molecular formula is C19H15N7O. The van der Waals surface area contributed by atoms with Crippen LogP contribution in [0.1, 0.15) is 15.9 Å². The topological polar surface area (TPSA) is 99.7 Å². The van der Waals surface area contributed by atoms with Crippen molar-refractivity contribution >= 4 is 34.1 Å². The second kappa shape index (κ2) is 6.17. The van der Waals surface area contributed by atoms with Crippen LogP contribution in [-0.4, -0.2) is 37.6 Å². The van der Waals surface area contributed by atoms with Crippen LogP contribution in [0.2, 0.25) is 0 Å². The number of fused-ring (bicyclic) bond motifs is 2. The van der Waals surface area contributed by atoms with Gasteiger partial charge >= 0.3 is 0 Å². The van der Waals surface area contributed by atoms with Gasteiger partial charge in [-0.25, -0.2) is 9.97 Å². The van der Waals surface area contributed by atoms with Crippen molar-refractivity contribution in [1.29, 1.82) is 0 Å². The van der Waals surface area contributed by atoms with Gasteiger partial charge in [0.25, 0.3) is 5.91 Å². The van der Waals surface area contributed by atoms with Crippen LogP contribution in [0.5, 0.6) is 0 Å². The average molecular weight is 357 g/mol. The van der Waals surface area contributed by atoms with Crippen LogP contribution in [0.4, 0.5) is 17.2 Å². The first-order chi connectivity index (χ1) is 13.3. The summed E-state index contributed by atoms with van der Waals surface area (Å²) < 4.78 is 0. The molecule has 3 aromatic heterocycles. The smallest absolute Gasteiger partial charge is 0.259 e. The molecule has 0 fully saturated rings. The van der Waals surface area contributed by atoms with Crippen LogP contribution in [0, 0.1) is 0 Å². The van der Waals surface area contributed by atoms with E-state index in [2.05, 4.69) is 36.5 Å². The maximum absolute atomic E-state index is 12.7.